The van der Waals surface area contributed by atoms with Crippen LogP contribution in [-0.4, -0.2) is 57.9 Å². The highest BCUT2D eigenvalue weighted by molar-refractivity contribution is 6.31. The van der Waals surface area contributed by atoms with Gasteiger partial charge in [-0.1, -0.05) is 77.8 Å². The molecule has 0 aliphatic rings. The lowest BCUT2D eigenvalue weighted by atomic mass is 10.0. The van der Waals surface area contributed by atoms with Gasteiger partial charge in [0.2, 0.25) is 11.9 Å². The molecule has 0 aliphatic heterocycles. The van der Waals surface area contributed by atoms with Crippen molar-refractivity contribution in [2.75, 3.05) is 28.7 Å². The second-order valence-electron chi connectivity index (χ2n) is 18.4. The zero-order valence-corrected chi connectivity index (χ0v) is 45.7. The van der Waals surface area contributed by atoms with Crippen molar-refractivity contribution in [3.05, 3.63) is 233 Å². The van der Waals surface area contributed by atoms with Crippen molar-refractivity contribution in [2.24, 2.45) is 0 Å². The van der Waals surface area contributed by atoms with Gasteiger partial charge in [-0.3, -0.25) is 14.8 Å². The Morgan fingerprint density at radius 1 is 0.541 bits per heavy atom. The van der Waals surface area contributed by atoms with Crippen molar-refractivity contribution < 1.29 is 36.2 Å². The summed E-state index contributed by atoms with van der Waals surface area (Å²) in [5.74, 6) is -1.78. The number of carbonyl (C=O) groups is 1. The fourth-order valence-corrected chi connectivity index (χ4v) is 9.15. The van der Waals surface area contributed by atoms with E-state index < -0.39 is 29.2 Å². The Labute approximate surface area is 489 Å². The lowest BCUT2D eigenvalue weighted by Gasteiger charge is -2.15. The Balaban J connectivity index is 0.000000142. The number of nitrogen functional groups attached to an aromatic ring is 1. The summed E-state index contributed by atoms with van der Waals surface area (Å²) in [5.41, 5.74) is 11.9. The Morgan fingerprint density at radius 3 is 1.49 bits per heavy atom. The molecule has 12 rings (SSSR count). The normalized spacial score (nSPS) is 11.1. The molecule has 0 unspecified atom stereocenters. The first-order chi connectivity index (χ1) is 41.0. The molecule has 0 atom stereocenters. The van der Waals surface area contributed by atoms with Crippen molar-refractivity contribution in [3.63, 3.8) is 0 Å². The Kier molecular flexibility index (Phi) is 17.3. The standard InChI is InChI=1S/C22H16ClFN4O.C21H15ClFN3O.C19H12F4N6/c1-25-22(29)16-12-26-9-8-19(16)28-20-11-21(15-10-13(23)6-7-17(15)24)27-18-5-3-2-4-14(18)20;22-14-5-6-17(23)16(9-14)21-10-20(15-3-1-2-4-19(15)26-21)25-18-7-8-24-11-13(18)12-27;20-13-6-5-10(19(21,22)23)7-12(13)16-8-15(11-3-1-2-4-14(11)27-16)28-18-26-9-25-17(24)29-18/h2-12H,1H3,(H,25,29)(H,26,27,28);1-11,27H,12H2,(H,24,25,26);1-9H,(H3,24,25,26,27,28,29). The van der Waals surface area contributed by atoms with Crippen LogP contribution in [0.5, 0.6) is 0 Å². The maximum absolute atomic E-state index is 14.4. The molecule has 0 aliphatic carbocycles. The zero-order chi connectivity index (χ0) is 59.8. The van der Waals surface area contributed by atoms with Crippen LogP contribution in [-0.2, 0) is 12.8 Å². The summed E-state index contributed by atoms with van der Waals surface area (Å²) < 4.78 is 82.5. The number of pyridine rings is 5. The van der Waals surface area contributed by atoms with Gasteiger partial charge in [-0.15, -0.1) is 0 Å². The number of aliphatic hydroxyl groups excluding tert-OH is 1. The smallest absolute Gasteiger partial charge is 0.392 e. The molecule has 12 aromatic rings. The van der Waals surface area contributed by atoms with Crippen LogP contribution in [0.2, 0.25) is 10.0 Å². The van der Waals surface area contributed by atoms with Gasteiger partial charge in [-0.05, 0) is 103 Å². The molecule has 0 bridgehead atoms. The number of amides is 1. The third-order valence-corrected chi connectivity index (χ3v) is 13.3. The molecule has 23 heteroatoms. The van der Waals surface area contributed by atoms with Crippen LogP contribution in [0.1, 0.15) is 21.5 Å². The van der Waals surface area contributed by atoms with Gasteiger partial charge in [0.05, 0.1) is 74.1 Å². The van der Waals surface area contributed by atoms with Gasteiger partial charge in [-0.2, -0.15) is 18.2 Å². The Hall–Kier alpha value is -10.4. The highest BCUT2D eigenvalue weighted by Crippen LogP contribution is 2.38. The number of carbonyl (C=O) groups excluding carboxylic acids is 1. The number of benzene rings is 6. The predicted molar refractivity (Wildman–Crippen MR) is 318 cm³/mol. The molecule has 15 nitrogen and oxygen atoms in total. The van der Waals surface area contributed by atoms with E-state index in [1.165, 1.54) is 42.9 Å². The van der Waals surface area contributed by atoms with Crippen molar-refractivity contribution in [3.8, 4) is 33.8 Å². The van der Waals surface area contributed by atoms with E-state index in [2.05, 4.69) is 61.1 Å². The van der Waals surface area contributed by atoms with Gasteiger partial charge >= 0.3 is 6.18 Å². The van der Waals surface area contributed by atoms with Crippen LogP contribution in [0.4, 0.5) is 66.7 Å². The number of aromatic nitrogens is 8. The Bertz CT molecular complexity index is 4470. The molecular formula is C62H43Cl2F6N13O2. The van der Waals surface area contributed by atoms with E-state index in [1.807, 2.05) is 48.5 Å². The SMILES string of the molecule is CNC(=O)c1cnccc1Nc1cc(-c2cc(Cl)ccc2F)nc2ccccc12.Nc1ncnc(Nc2cc(-c3cc(C(F)(F)F)ccc3F)nc3ccccc23)n1.OCc1cnccc1Nc1cc(-c2cc(Cl)ccc2F)nc2ccccc12. The average molecular weight is 1190 g/mol. The molecule has 0 fully saturated rings. The number of nitrogens with zero attached hydrogens (tertiary/aromatic N) is 8. The molecular weight excluding hydrogens is 1140 g/mol. The molecule has 0 spiro atoms. The second-order valence-corrected chi connectivity index (χ2v) is 19.3. The van der Waals surface area contributed by atoms with Crippen LogP contribution < -0.4 is 27.0 Å². The summed E-state index contributed by atoms with van der Waals surface area (Å²) in [7, 11) is 1.56. The van der Waals surface area contributed by atoms with Crippen molar-refractivity contribution in [2.45, 2.75) is 12.8 Å². The van der Waals surface area contributed by atoms with Crippen molar-refractivity contribution in [1.82, 2.24) is 45.2 Å². The quantitative estimate of drug-likeness (QED) is 0.0665. The fourth-order valence-electron chi connectivity index (χ4n) is 8.81. The minimum absolute atomic E-state index is 0.00925. The number of hydrogen-bond acceptors (Lipinski definition) is 14. The molecule has 0 saturated carbocycles. The van der Waals surface area contributed by atoms with Gasteiger partial charge in [0.15, 0.2) is 0 Å². The number of aliphatic hydroxyl groups is 1. The topological polar surface area (TPSA) is 215 Å². The van der Waals surface area contributed by atoms with Gasteiger partial charge in [-0.25, -0.2) is 38.1 Å². The molecule has 85 heavy (non-hydrogen) atoms. The van der Waals surface area contributed by atoms with E-state index in [0.29, 0.717) is 83.2 Å². The maximum Gasteiger partial charge on any atom is 0.416 e. The molecule has 6 aromatic heterocycles. The van der Waals surface area contributed by atoms with Crippen LogP contribution in [0.25, 0.3) is 66.5 Å². The van der Waals surface area contributed by atoms with Gasteiger partial charge in [0.1, 0.15) is 23.8 Å². The third kappa shape index (κ3) is 13.5. The molecule has 7 N–H and O–H groups in total. The monoisotopic (exact) mass is 1190 g/mol. The predicted octanol–water partition coefficient (Wildman–Crippen LogP) is 15.1. The summed E-state index contributed by atoms with van der Waals surface area (Å²) in [5, 5.41) is 24.9. The number of nitrogens with one attached hydrogen (secondary N) is 4. The Morgan fingerprint density at radius 2 is 1.00 bits per heavy atom. The van der Waals surface area contributed by atoms with Crippen LogP contribution in [0.3, 0.4) is 0 Å². The molecule has 1 amide bonds. The molecule has 0 saturated heterocycles. The molecule has 6 heterocycles. The van der Waals surface area contributed by atoms with E-state index in [0.717, 1.165) is 39.8 Å². The summed E-state index contributed by atoms with van der Waals surface area (Å²) in [6.45, 7) is -0.144. The highest BCUT2D eigenvalue weighted by atomic mass is 35.5. The largest absolute Gasteiger partial charge is 0.416 e. The number of para-hydroxylation sites is 3. The lowest BCUT2D eigenvalue weighted by Crippen LogP contribution is -2.19. The van der Waals surface area contributed by atoms with E-state index in [-0.39, 0.29) is 35.7 Å². The first-order valence-corrected chi connectivity index (χ1v) is 26.2. The van der Waals surface area contributed by atoms with Crippen LogP contribution >= 0.6 is 23.2 Å². The number of alkyl halides is 3. The summed E-state index contributed by atoms with van der Waals surface area (Å²) in [4.78, 5) is 45.4. The second kappa shape index (κ2) is 25.4. The highest BCUT2D eigenvalue weighted by Gasteiger charge is 2.31. The van der Waals surface area contributed by atoms with E-state index in [4.69, 9.17) is 28.9 Å². The van der Waals surface area contributed by atoms with Crippen LogP contribution in [0, 0.1) is 17.5 Å². The summed E-state index contributed by atoms with van der Waals surface area (Å²) in [6, 6.07) is 41.4. The minimum atomic E-state index is -4.61. The molecule has 0 radical (unpaired) electrons. The number of nitrogens with two attached hydrogens (primary N) is 1. The first kappa shape index (κ1) is 57.9. The van der Waals surface area contributed by atoms with Gasteiger partial charge in [0, 0.05) is 86.0 Å². The number of rotatable bonds is 11. The number of hydrogen-bond donors (Lipinski definition) is 6. The summed E-state index contributed by atoms with van der Waals surface area (Å²) >= 11 is 12.1. The zero-order valence-electron chi connectivity index (χ0n) is 44.1. The number of anilines is 7. The van der Waals surface area contributed by atoms with E-state index in [1.54, 1.807) is 86.3 Å². The number of halogens is 8. The maximum atomic E-state index is 14.4. The minimum Gasteiger partial charge on any atom is -0.392 e. The van der Waals surface area contributed by atoms with Crippen molar-refractivity contribution >= 4 is 102 Å². The summed E-state index contributed by atoms with van der Waals surface area (Å²) in [6.07, 6.45) is 2.92. The van der Waals surface area contributed by atoms with E-state index >= 15 is 0 Å². The average Bonchev–Trinajstić information content (AvgIpc) is 3.39. The third-order valence-electron chi connectivity index (χ3n) is 12.9. The van der Waals surface area contributed by atoms with Crippen LogP contribution in [0.15, 0.2) is 189 Å². The fraction of sp³-hybridized carbons (Fsp3) is 0.0484. The van der Waals surface area contributed by atoms with Gasteiger partial charge in [0.25, 0.3) is 5.91 Å². The van der Waals surface area contributed by atoms with E-state index in [9.17, 15) is 36.2 Å². The molecule has 6 aromatic carbocycles. The van der Waals surface area contributed by atoms with Crippen molar-refractivity contribution in [1.29, 1.82) is 0 Å². The van der Waals surface area contributed by atoms with Gasteiger partial charge < -0.3 is 32.1 Å². The first-order valence-electron chi connectivity index (χ1n) is 25.5. The molecule has 424 valence electrons. The lowest BCUT2D eigenvalue weighted by molar-refractivity contribution is -0.137. The number of fused-ring (bicyclic) bond motifs is 3.